The second kappa shape index (κ2) is 8.36. The molecule has 182 valence electrons. The van der Waals surface area contributed by atoms with Gasteiger partial charge in [-0.25, -0.2) is 0 Å². The molecule has 0 aromatic heterocycles. The van der Waals surface area contributed by atoms with Gasteiger partial charge in [0.2, 0.25) is 0 Å². The molecule has 0 aromatic rings. The minimum Gasteiger partial charge on any atom is -0.289 e. The van der Waals surface area contributed by atoms with Gasteiger partial charge in [-0.2, -0.15) is 0 Å². The first-order valence-corrected chi connectivity index (χ1v) is 12.6. The molecule has 1 nitrogen and oxygen atoms in total. The SMILES string of the molecule is CC(C)(C)C1=CC(=Cc2cc(C(C)(C)C)c3ccc(C(C)(C)C)ccc2-3)C=C(C(C)(C)C)C1=O. The summed E-state index contributed by atoms with van der Waals surface area (Å²) in [6, 6.07) is 11.5. The number of allylic oxidation sites excluding steroid dienone is 5. The quantitative estimate of drug-likeness (QED) is 0.418. The van der Waals surface area contributed by atoms with Crippen molar-refractivity contribution >= 4 is 11.9 Å². The van der Waals surface area contributed by atoms with Crippen molar-refractivity contribution in [1.82, 2.24) is 0 Å². The molecule has 0 atom stereocenters. The van der Waals surface area contributed by atoms with Crippen molar-refractivity contribution in [1.29, 1.82) is 0 Å². The second-order valence-electron chi connectivity index (χ2n) is 14.1. The predicted octanol–water partition coefficient (Wildman–Crippen LogP) is 9.30. The Hall–Kier alpha value is -2.41. The van der Waals surface area contributed by atoms with Gasteiger partial charge >= 0.3 is 0 Å². The van der Waals surface area contributed by atoms with Crippen LogP contribution in [0.5, 0.6) is 0 Å². The molecular weight excluding hydrogens is 412 g/mol. The monoisotopic (exact) mass is 456 g/mol. The highest BCUT2D eigenvalue weighted by Crippen LogP contribution is 2.43. The highest BCUT2D eigenvalue weighted by atomic mass is 16.1. The zero-order valence-corrected chi connectivity index (χ0v) is 23.5. The zero-order chi connectivity index (χ0) is 25.9. The Kier molecular flexibility index (Phi) is 6.44. The summed E-state index contributed by atoms with van der Waals surface area (Å²) in [6.07, 6.45) is 6.49. The Balaban J connectivity index is 2.30. The van der Waals surface area contributed by atoms with Crippen LogP contribution < -0.4 is 0 Å². The van der Waals surface area contributed by atoms with Crippen LogP contribution in [0.15, 0.2) is 59.2 Å². The topological polar surface area (TPSA) is 17.1 Å². The Bertz CT molecular complexity index is 1130. The van der Waals surface area contributed by atoms with Crippen LogP contribution in [-0.2, 0) is 15.6 Å². The van der Waals surface area contributed by atoms with Crippen LogP contribution in [0.2, 0.25) is 0 Å². The van der Waals surface area contributed by atoms with Crippen LogP contribution in [0.1, 0.15) is 99.8 Å². The van der Waals surface area contributed by atoms with Gasteiger partial charge in [-0.15, -0.1) is 0 Å². The maximum Gasteiger partial charge on any atom is 0.186 e. The summed E-state index contributed by atoms with van der Waals surface area (Å²) >= 11 is 0. The van der Waals surface area contributed by atoms with Crippen LogP contribution in [0.25, 0.3) is 17.2 Å². The minimum absolute atomic E-state index is 0.0343. The largest absolute Gasteiger partial charge is 0.289 e. The number of rotatable bonds is 1. The van der Waals surface area contributed by atoms with Gasteiger partial charge in [0.15, 0.2) is 5.78 Å². The van der Waals surface area contributed by atoms with Gasteiger partial charge in [0.05, 0.1) is 0 Å². The van der Waals surface area contributed by atoms with Crippen molar-refractivity contribution in [3.8, 4) is 11.1 Å². The molecule has 0 N–H and O–H groups in total. The first kappa shape index (κ1) is 26.2. The lowest BCUT2D eigenvalue weighted by molar-refractivity contribution is -0.114. The summed E-state index contributed by atoms with van der Waals surface area (Å²) in [5.74, 6) is 0.182. The Morgan fingerprint density at radius 2 is 1.06 bits per heavy atom. The van der Waals surface area contributed by atoms with E-state index in [4.69, 9.17) is 0 Å². The third-order valence-electron chi connectivity index (χ3n) is 6.77. The molecule has 0 aliphatic heterocycles. The van der Waals surface area contributed by atoms with E-state index in [1.54, 1.807) is 0 Å². The molecule has 0 saturated heterocycles. The fourth-order valence-corrected chi connectivity index (χ4v) is 4.65. The minimum atomic E-state index is -0.209. The molecule has 1 heteroatoms. The van der Waals surface area contributed by atoms with E-state index in [1.165, 1.54) is 27.8 Å². The molecule has 3 aliphatic rings. The van der Waals surface area contributed by atoms with E-state index in [1.807, 2.05) is 0 Å². The average molecular weight is 457 g/mol. The second-order valence-corrected chi connectivity index (χ2v) is 14.1. The summed E-state index contributed by atoms with van der Waals surface area (Å²) in [4.78, 5) is 13.4. The maximum atomic E-state index is 13.4. The zero-order valence-electron chi connectivity index (χ0n) is 23.5. The van der Waals surface area contributed by atoms with Crippen LogP contribution in [0, 0.1) is 10.8 Å². The van der Waals surface area contributed by atoms with Gasteiger partial charge in [-0.05, 0) is 79.3 Å². The van der Waals surface area contributed by atoms with E-state index in [-0.39, 0.29) is 27.4 Å². The van der Waals surface area contributed by atoms with Crippen LogP contribution in [0.3, 0.4) is 0 Å². The number of ketones is 1. The molecule has 3 aliphatic carbocycles. The van der Waals surface area contributed by atoms with Gasteiger partial charge in [0.25, 0.3) is 0 Å². The maximum absolute atomic E-state index is 13.4. The Morgan fingerprint density at radius 1 is 0.588 bits per heavy atom. The van der Waals surface area contributed by atoms with Crippen molar-refractivity contribution < 1.29 is 4.79 Å². The molecule has 0 unspecified atom stereocenters. The van der Waals surface area contributed by atoms with Crippen molar-refractivity contribution in [2.24, 2.45) is 10.8 Å². The first-order valence-electron chi connectivity index (χ1n) is 12.6. The van der Waals surface area contributed by atoms with Gasteiger partial charge in [-0.3, -0.25) is 4.79 Å². The number of carbonyl (C=O) groups is 1. The average Bonchev–Trinajstić information content (AvgIpc) is 2.83. The van der Waals surface area contributed by atoms with Crippen molar-refractivity contribution in [2.75, 3.05) is 0 Å². The van der Waals surface area contributed by atoms with Crippen molar-refractivity contribution in [2.45, 2.75) is 93.9 Å². The lowest BCUT2D eigenvalue weighted by Gasteiger charge is -2.31. The van der Waals surface area contributed by atoms with Crippen LogP contribution >= 0.6 is 0 Å². The summed E-state index contributed by atoms with van der Waals surface area (Å²) < 4.78 is 0. The van der Waals surface area contributed by atoms with E-state index < -0.39 is 0 Å². The van der Waals surface area contributed by atoms with E-state index in [0.717, 1.165) is 16.7 Å². The molecule has 3 rings (SSSR count). The van der Waals surface area contributed by atoms with Gasteiger partial charge in [-0.1, -0.05) is 107 Å². The molecule has 0 radical (unpaired) electrons. The third kappa shape index (κ3) is 5.29. The molecule has 0 bridgehead atoms. The third-order valence-corrected chi connectivity index (χ3v) is 6.77. The van der Waals surface area contributed by atoms with Crippen LogP contribution in [-0.4, -0.2) is 5.78 Å². The highest BCUT2D eigenvalue weighted by Gasteiger charge is 2.34. The normalized spacial score (nSPS) is 16.0. The first-order chi connectivity index (χ1) is 15.3. The fourth-order valence-electron chi connectivity index (χ4n) is 4.65. The molecule has 34 heavy (non-hydrogen) atoms. The standard InChI is InChI=1S/C33H44O/c1-30(2,3)23-13-15-24-22(20-26(31(4,5)6)25(24)16-14-23)17-21-18-27(32(7,8)9)29(34)28(19-21)33(10,11)12/h13-20H,1-12H3. The summed E-state index contributed by atoms with van der Waals surface area (Å²) in [6.45, 7) is 26.4. The molecule has 0 amide bonds. The van der Waals surface area contributed by atoms with Crippen molar-refractivity contribution in [3.63, 3.8) is 0 Å². The molecule has 0 saturated carbocycles. The molecule has 0 spiro atoms. The van der Waals surface area contributed by atoms with Crippen LogP contribution in [0.4, 0.5) is 0 Å². The number of hydrogen-bond donors (Lipinski definition) is 0. The molecule has 0 aromatic carbocycles. The smallest absolute Gasteiger partial charge is 0.186 e. The Labute approximate surface area is 208 Å². The highest BCUT2D eigenvalue weighted by molar-refractivity contribution is 6.12. The van der Waals surface area contributed by atoms with Crippen molar-refractivity contribution in [3.05, 3.63) is 75.9 Å². The Morgan fingerprint density at radius 3 is 1.47 bits per heavy atom. The van der Waals surface area contributed by atoms with Gasteiger partial charge in [0.1, 0.15) is 0 Å². The van der Waals surface area contributed by atoms with Gasteiger partial charge in [0, 0.05) is 11.1 Å². The van der Waals surface area contributed by atoms with E-state index in [9.17, 15) is 4.79 Å². The van der Waals surface area contributed by atoms with E-state index >= 15 is 0 Å². The van der Waals surface area contributed by atoms with E-state index in [2.05, 4.69) is 132 Å². The summed E-state index contributed by atoms with van der Waals surface area (Å²) in [7, 11) is 0. The summed E-state index contributed by atoms with van der Waals surface area (Å²) in [5, 5.41) is 0. The predicted molar refractivity (Wildman–Crippen MR) is 149 cm³/mol. The molecule has 0 heterocycles. The number of fused-ring (bicyclic) bond motifs is 1. The lowest BCUT2D eigenvalue weighted by atomic mass is 9.72. The lowest BCUT2D eigenvalue weighted by Crippen LogP contribution is -2.27. The number of hydrogen-bond acceptors (Lipinski definition) is 1. The van der Waals surface area contributed by atoms with Gasteiger partial charge < -0.3 is 0 Å². The molecular formula is C33H44O. The fraction of sp³-hybridized carbons (Fsp3) is 0.485. The van der Waals surface area contributed by atoms with E-state index in [0.29, 0.717) is 0 Å². The number of Topliss-reactive ketones (excluding diaryl/α,β-unsaturated/α-hetero) is 1. The summed E-state index contributed by atoms with van der Waals surface area (Å²) in [5.41, 5.74) is 9.06. The number of carbonyl (C=O) groups excluding carboxylic acids is 1. The molecule has 0 fully saturated rings.